The number of hydrogen-bond acceptors (Lipinski definition) is 5. The summed E-state index contributed by atoms with van der Waals surface area (Å²) in [5.41, 5.74) is 3.43. The molecule has 0 bridgehead atoms. The van der Waals surface area contributed by atoms with E-state index in [-0.39, 0.29) is 12.5 Å². The SMILES string of the molecule is CCOc1ccc(OCC(=O)Nc2n[nH]c3c2CCN(Cc2ccccc2)C3)cc1. The van der Waals surface area contributed by atoms with Gasteiger partial charge in [0.15, 0.2) is 12.4 Å². The number of rotatable bonds is 8. The van der Waals surface area contributed by atoms with Crippen LogP contribution in [0.15, 0.2) is 54.6 Å². The number of hydrogen-bond donors (Lipinski definition) is 2. The lowest BCUT2D eigenvalue weighted by Gasteiger charge is -2.26. The lowest BCUT2D eigenvalue weighted by atomic mass is 10.1. The molecule has 1 aliphatic rings. The molecule has 1 aliphatic heterocycles. The molecule has 0 saturated carbocycles. The van der Waals surface area contributed by atoms with Crippen molar-refractivity contribution in [3.05, 3.63) is 71.4 Å². The number of aromatic amines is 1. The highest BCUT2D eigenvalue weighted by Gasteiger charge is 2.23. The molecule has 0 atom stereocenters. The first kappa shape index (κ1) is 20.0. The van der Waals surface area contributed by atoms with E-state index in [4.69, 9.17) is 9.47 Å². The Morgan fingerprint density at radius 3 is 2.57 bits per heavy atom. The molecule has 0 radical (unpaired) electrons. The van der Waals surface area contributed by atoms with Gasteiger partial charge >= 0.3 is 0 Å². The van der Waals surface area contributed by atoms with Gasteiger partial charge in [-0.3, -0.25) is 14.8 Å². The third-order valence-electron chi connectivity index (χ3n) is 5.02. The molecular weight excluding hydrogens is 380 g/mol. The highest BCUT2D eigenvalue weighted by atomic mass is 16.5. The Balaban J connectivity index is 1.29. The molecule has 1 amide bonds. The minimum absolute atomic E-state index is 0.0737. The van der Waals surface area contributed by atoms with Crippen LogP contribution in [0.5, 0.6) is 11.5 Å². The van der Waals surface area contributed by atoms with Gasteiger partial charge in [0.05, 0.1) is 12.3 Å². The second kappa shape index (κ2) is 9.45. The Labute approximate surface area is 176 Å². The van der Waals surface area contributed by atoms with Crippen LogP contribution in [-0.4, -0.2) is 40.8 Å². The summed E-state index contributed by atoms with van der Waals surface area (Å²) in [7, 11) is 0. The highest BCUT2D eigenvalue weighted by molar-refractivity contribution is 5.91. The molecule has 0 aliphatic carbocycles. The summed E-state index contributed by atoms with van der Waals surface area (Å²) in [5.74, 6) is 1.77. The fourth-order valence-electron chi connectivity index (χ4n) is 3.57. The molecule has 0 spiro atoms. The predicted molar refractivity (Wildman–Crippen MR) is 115 cm³/mol. The third-order valence-corrected chi connectivity index (χ3v) is 5.02. The Morgan fingerprint density at radius 1 is 1.10 bits per heavy atom. The number of carbonyl (C=O) groups excluding carboxylic acids is 1. The van der Waals surface area contributed by atoms with Crippen molar-refractivity contribution in [2.75, 3.05) is 25.1 Å². The van der Waals surface area contributed by atoms with Gasteiger partial charge in [0.2, 0.25) is 0 Å². The van der Waals surface area contributed by atoms with Gasteiger partial charge in [-0.1, -0.05) is 30.3 Å². The number of carbonyl (C=O) groups is 1. The summed E-state index contributed by atoms with van der Waals surface area (Å²) in [4.78, 5) is 14.7. The molecule has 156 valence electrons. The van der Waals surface area contributed by atoms with Crippen LogP contribution in [0, 0.1) is 0 Å². The first-order valence-corrected chi connectivity index (χ1v) is 10.2. The van der Waals surface area contributed by atoms with Crippen LogP contribution >= 0.6 is 0 Å². The van der Waals surface area contributed by atoms with Crippen molar-refractivity contribution in [3.8, 4) is 11.5 Å². The Kier molecular flexibility index (Phi) is 6.29. The predicted octanol–water partition coefficient (Wildman–Crippen LogP) is 3.38. The molecule has 7 nitrogen and oxygen atoms in total. The number of nitrogens with one attached hydrogen (secondary N) is 2. The van der Waals surface area contributed by atoms with E-state index < -0.39 is 0 Å². The average molecular weight is 406 g/mol. The molecule has 0 saturated heterocycles. The number of benzene rings is 2. The quantitative estimate of drug-likeness (QED) is 0.600. The van der Waals surface area contributed by atoms with E-state index in [9.17, 15) is 4.79 Å². The van der Waals surface area contributed by atoms with E-state index in [0.717, 1.165) is 43.1 Å². The number of fused-ring (bicyclic) bond motifs is 1. The highest BCUT2D eigenvalue weighted by Crippen LogP contribution is 2.25. The monoisotopic (exact) mass is 406 g/mol. The van der Waals surface area contributed by atoms with Gasteiger partial charge in [0.1, 0.15) is 11.5 Å². The van der Waals surface area contributed by atoms with Crippen LogP contribution in [0.25, 0.3) is 0 Å². The van der Waals surface area contributed by atoms with Gasteiger partial charge in [0.25, 0.3) is 5.91 Å². The van der Waals surface area contributed by atoms with E-state index in [1.165, 1.54) is 5.56 Å². The summed E-state index contributed by atoms with van der Waals surface area (Å²) in [6.45, 7) is 5.08. The fraction of sp³-hybridized carbons (Fsp3) is 0.304. The minimum Gasteiger partial charge on any atom is -0.494 e. The first-order valence-electron chi connectivity index (χ1n) is 10.2. The van der Waals surface area contributed by atoms with E-state index >= 15 is 0 Å². The summed E-state index contributed by atoms with van der Waals surface area (Å²) in [5, 5.41) is 10.3. The minimum atomic E-state index is -0.232. The molecule has 2 N–H and O–H groups in total. The van der Waals surface area contributed by atoms with Gasteiger partial charge < -0.3 is 14.8 Å². The number of H-pyrrole nitrogens is 1. The van der Waals surface area contributed by atoms with Crippen molar-refractivity contribution in [2.24, 2.45) is 0 Å². The van der Waals surface area contributed by atoms with Crippen LogP contribution in [0.1, 0.15) is 23.7 Å². The summed E-state index contributed by atoms with van der Waals surface area (Å²) in [6, 6.07) is 17.6. The fourth-order valence-corrected chi connectivity index (χ4v) is 3.57. The topological polar surface area (TPSA) is 79.5 Å². The van der Waals surface area contributed by atoms with Crippen molar-refractivity contribution in [3.63, 3.8) is 0 Å². The smallest absolute Gasteiger partial charge is 0.263 e. The van der Waals surface area contributed by atoms with Crippen molar-refractivity contribution in [1.82, 2.24) is 15.1 Å². The zero-order chi connectivity index (χ0) is 20.8. The summed E-state index contributed by atoms with van der Waals surface area (Å²) in [6.07, 6.45) is 0.841. The van der Waals surface area contributed by atoms with Crippen LogP contribution in [0.3, 0.4) is 0 Å². The van der Waals surface area contributed by atoms with Gasteiger partial charge in [-0.25, -0.2) is 0 Å². The largest absolute Gasteiger partial charge is 0.494 e. The standard InChI is InChI=1S/C23H26N4O3/c1-2-29-18-8-10-19(11-9-18)30-16-22(28)24-23-20-12-13-27(15-21(20)25-26-23)14-17-6-4-3-5-7-17/h3-11H,2,12-16H2,1H3,(H2,24,25,26,28). The second-order valence-corrected chi connectivity index (χ2v) is 7.22. The zero-order valence-electron chi connectivity index (χ0n) is 17.1. The van der Waals surface area contributed by atoms with Crippen LogP contribution < -0.4 is 14.8 Å². The van der Waals surface area contributed by atoms with Gasteiger partial charge in [-0.2, -0.15) is 5.10 Å². The lowest BCUT2D eigenvalue weighted by molar-refractivity contribution is -0.118. The molecule has 1 aromatic heterocycles. The number of amides is 1. The molecule has 4 rings (SSSR count). The molecule has 0 fully saturated rings. The zero-order valence-corrected chi connectivity index (χ0v) is 17.1. The average Bonchev–Trinajstić information content (AvgIpc) is 3.16. The summed E-state index contributed by atoms with van der Waals surface area (Å²) >= 11 is 0. The number of ether oxygens (including phenoxy) is 2. The van der Waals surface area contributed by atoms with Crippen LogP contribution in [-0.2, 0) is 24.3 Å². The maximum atomic E-state index is 12.3. The third kappa shape index (κ3) is 4.99. The van der Waals surface area contributed by atoms with Crippen molar-refractivity contribution < 1.29 is 14.3 Å². The van der Waals surface area contributed by atoms with Gasteiger partial charge in [0, 0.05) is 25.2 Å². The van der Waals surface area contributed by atoms with Crippen LogP contribution in [0.2, 0.25) is 0 Å². The Bertz CT molecular complexity index is 970. The Hall–Kier alpha value is -3.32. The lowest BCUT2D eigenvalue weighted by Crippen LogP contribution is -2.30. The first-order chi connectivity index (χ1) is 14.7. The Morgan fingerprint density at radius 2 is 1.83 bits per heavy atom. The molecule has 0 unspecified atom stereocenters. The van der Waals surface area contributed by atoms with E-state index in [1.807, 2.05) is 25.1 Å². The van der Waals surface area contributed by atoms with Crippen molar-refractivity contribution >= 4 is 11.7 Å². The summed E-state index contributed by atoms with van der Waals surface area (Å²) < 4.78 is 11.0. The molecule has 2 aromatic carbocycles. The maximum Gasteiger partial charge on any atom is 0.263 e. The van der Waals surface area contributed by atoms with Gasteiger partial charge in [-0.05, 0) is 43.2 Å². The molecule has 2 heterocycles. The van der Waals surface area contributed by atoms with Crippen molar-refractivity contribution in [2.45, 2.75) is 26.4 Å². The number of aromatic nitrogens is 2. The van der Waals surface area contributed by atoms with Crippen LogP contribution in [0.4, 0.5) is 5.82 Å². The molecular formula is C23H26N4O3. The molecule has 30 heavy (non-hydrogen) atoms. The van der Waals surface area contributed by atoms with Crippen molar-refractivity contribution in [1.29, 1.82) is 0 Å². The molecule has 3 aromatic rings. The normalized spacial score (nSPS) is 13.5. The van der Waals surface area contributed by atoms with Gasteiger partial charge in [-0.15, -0.1) is 0 Å². The molecule has 7 heteroatoms. The second-order valence-electron chi connectivity index (χ2n) is 7.22. The number of anilines is 1. The van der Waals surface area contributed by atoms with E-state index in [2.05, 4.69) is 44.7 Å². The van der Waals surface area contributed by atoms with E-state index in [1.54, 1.807) is 12.1 Å². The number of nitrogens with zero attached hydrogens (tertiary/aromatic N) is 2. The maximum absolute atomic E-state index is 12.3. The van der Waals surface area contributed by atoms with E-state index in [0.29, 0.717) is 18.2 Å².